The quantitative estimate of drug-likeness (QED) is 0.866. The Morgan fingerprint density at radius 1 is 1.33 bits per heavy atom. The van der Waals surface area contributed by atoms with Crippen molar-refractivity contribution in [3.63, 3.8) is 0 Å². The highest BCUT2D eigenvalue weighted by molar-refractivity contribution is 5.81. The Hall–Kier alpha value is -2.30. The second-order valence-electron chi connectivity index (χ2n) is 5.60. The normalized spacial score (nSPS) is 26.7. The van der Waals surface area contributed by atoms with Crippen molar-refractivity contribution in [3.05, 3.63) is 48.0 Å². The number of fused-ring (bicyclic) bond motifs is 1. The lowest BCUT2D eigenvalue weighted by Crippen LogP contribution is -2.36. The number of hydrogen-bond acceptors (Lipinski definition) is 3. The molecule has 1 saturated heterocycles. The third-order valence-corrected chi connectivity index (χ3v) is 4.32. The Balaban J connectivity index is 1.62. The van der Waals surface area contributed by atoms with E-state index < -0.39 is 17.5 Å². The highest BCUT2D eigenvalue weighted by atomic mass is 16.6. The first-order valence-corrected chi connectivity index (χ1v) is 6.98. The van der Waals surface area contributed by atoms with Crippen LogP contribution in [0.15, 0.2) is 42.5 Å². The summed E-state index contributed by atoms with van der Waals surface area (Å²) in [5, 5.41) is 9.45. The Morgan fingerprint density at radius 2 is 2.10 bits per heavy atom. The molecule has 0 radical (unpaired) electrons. The van der Waals surface area contributed by atoms with Crippen LogP contribution < -0.4 is 0 Å². The van der Waals surface area contributed by atoms with Gasteiger partial charge in [-0.3, -0.25) is 4.79 Å². The first kappa shape index (κ1) is 13.7. The fourth-order valence-electron chi connectivity index (χ4n) is 3.12. The number of ether oxygens (including phenoxy) is 1. The molecule has 21 heavy (non-hydrogen) atoms. The van der Waals surface area contributed by atoms with Crippen LogP contribution in [0, 0.1) is 11.3 Å². The lowest BCUT2D eigenvalue weighted by atomic mass is 9.81. The van der Waals surface area contributed by atoms with Crippen LogP contribution in [-0.2, 0) is 16.1 Å². The summed E-state index contributed by atoms with van der Waals surface area (Å²) in [4.78, 5) is 25.1. The third-order valence-electron chi connectivity index (χ3n) is 4.32. The number of benzene rings is 1. The average Bonchev–Trinajstić information content (AvgIpc) is 3.03. The molecule has 0 aromatic heterocycles. The van der Waals surface area contributed by atoms with E-state index in [9.17, 15) is 14.7 Å². The van der Waals surface area contributed by atoms with E-state index in [2.05, 4.69) is 0 Å². The van der Waals surface area contributed by atoms with Gasteiger partial charge in [0.25, 0.3) is 0 Å². The van der Waals surface area contributed by atoms with Crippen LogP contribution >= 0.6 is 0 Å². The van der Waals surface area contributed by atoms with E-state index in [4.69, 9.17) is 4.74 Å². The highest BCUT2D eigenvalue weighted by Gasteiger charge is 2.53. The van der Waals surface area contributed by atoms with Crippen molar-refractivity contribution in [2.45, 2.75) is 13.0 Å². The minimum absolute atomic E-state index is 0.0423. The summed E-state index contributed by atoms with van der Waals surface area (Å²) < 4.78 is 5.27. The van der Waals surface area contributed by atoms with Gasteiger partial charge in [-0.15, -0.1) is 0 Å². The number of likely N-dealkylation sites (tertiary alicyclic amines) is 1. The van der Waals surface area contributed by atoms with E-state index in [1.807, 2.05) is 36.4 Å². The Kier molecular flexibility index (Phi) is 3.41. The fourth-order valence-corrected chi connectivity index (χ4v) is 3.12. The van der Waals surface area contributed by atoms with Gasteiger partial charge in [0.2, 0.25) is 0 Å². The van der Waals surface area contributed by atoms with Crippen molar-refractivity contribution >= 4 is 12.1 Å². The number of nitrogens with zero attached hydrogens (tertiary/aromatic N) is 1. The summed E-state index contributed by atoms with van der Waals surface area (Å²) in [7, 11) is 0. The van der Waals surface area contributed by atoms with E-state index in [-0.39, 0.29) is 19.1 Å². The molecule has 2 atom stereocenters. The van der Waals surface area contributed by atoms with Crippen molar-refractivity contribution in [3.8, 4) is 0 Å². The minimum atomic E-state index is -0.925. The molecule has 3 rings (SSSR count). The summed E-state index contributed by atoms with van der Waals surface area (Å²) in [5.41, 5.74) is -0.00994. The van der Waals surface area contributed by atoms with Crippen molar-refractivity contribution in [2.24, 2.45) is 11.3 Å². The van der Waals surface area contributed by atoms with Crippen molar-refractivity contribution in [2.75, 3.05) is 13.1 Å². The molecule has 0 spiro atoms. The number of rotatable bonds is 3. The zero-order valence-electron chi connectivity index (χ0n) is 11.6. The number of allylic oxidation sites excluding steroid dienone is 1. The monoisotopic (exact) mass is 287 g/mol. The number of amides is 1. The maximum Gasteiger partial charge on any atom is 0.410 e. The Bertz CT molecular complexity index is 583. The van der Waals surface area contributed by atoms with Crippen LogP contribution in [0.4, 0.5) is 4.79 Å². The average molecular weight is 287 g/mol. The van der Waals surface area contributed by atoms with Gasteiger partial charge in [0, 0.05) is 19.0 Å². The molecule has 1 N–H and O–H groups in total. The molecule has 110 valence electrons. The van der Waals surface area contributed by atoms with Crippen LogP contribution in [-0.4, -0.2) is 35.2 Å². The summed E-state index contributed by atoms with van der Waals surface area (Å²) in [6, 6.07) is 9.43. The lowest BCUT2D eigenvalue weighted by molar-refractivity contribution is -0.146. The predicted molar refractivity (Wildman–Crippen MR) is 75.5 cm³/mol. The number of aliphatic carboxylic acids is 1. The van der Waals surface area contributed by atoms with Crippen LogP contribution in [0.2, 0.25) is 0 Å². The smallest absolute Gasteiger partial charge is 0.410 e. The molecule has 0 unspecified atom stereocenters. The largest absolute Gasteiger partial charge is 0.481 e. The van der Waals surface area contributed by atoms with E-state index in [1.165, 1.54) is 4.90 Å². The van der Waals surface area contributed by atoms with Gasteiger partial charge in [-0.05, 0) is 12.0 Å². The number of hydrogen-bond donors (Lipinski definition) is 1. The maximum atomic E-state index is 12.1. The minimum Gasteiger partial charge on any atom is -0.481 e. The fraction of sp³-hybridized carbons (Fsp3) is 0.375. The Labute approximate surface area is 122 Å². The van der Waals surface area contributed by atoms with Gasteiger partial charge in [0.05, 0.1) is 0 Å². The van der Waals surface area contributed by atoms with Crippen molar-refractivity contribution in [1.82, 2.24) is 4.90 Å². The maximum absolute atomic E-state index is 12.1. The van der Waals surface area contributed by atoms with E-state index >= 15 is 0 Å². The summed E-state index contributed by atoms with van der Waals surface area (Å²) >= 11 is 0. The van der Waals surface area contributed by atoms with Gasteiger partial charge in [0.1, 0.15) is 12.0 Å². The van der Waals surface area contributed by atoms with Gasteiger partial charge >= 0.3 is 12.1 Å². The SMILES string of the molecule is O=C(OCc1ccccc1)N1C[C@H]2CC=C[C@@]2(C(=O)O)C1. The molecule has 5 nitrogen and oxygen atoms in total. The predicted octanol–water partition coefficient (Wildman–Crippen LogP) is 2.29. The first-order valence-electron chi connectivity index (χ1n) is 6.98. The lowest BCUT2D eigenvalue weighted by Gasteiger charge is -2.21. The van der Waals surface area contributed by atoms with E-state index in [0.29, 0.717) is 13.0 Å². The molecular weight excluding hydrogens is 270 g/mol. The molecule has 1 aliphatic heterocycles. The summed E-state index contributed by atoms with van der Waals surface area (Å²) in [6.45, 7) is 0.834. The standard InChI is InChI=1S/C16H17NO4/c18-14(19)16-8-4-7-13(16)9-17(11-16)15(20)21-10-12-5-2-1-3-6-12/h1-6,8,13H,7,9-11H2,(H,18,19)/t13-,16-/m1/s1. The van der Waals surface area contributed by atoms with Gasteiger partial charge < -0.3 is 14.7 Å². The van der Waals surface area contributed by atoms with Gasteiger partial charge in [-0.25, -0.2) is 4.79 Å². The van der Waals surface area contributed by atoms with Crippen molar-refractivity contribution in [1.29, 1.82) is 0 Å². The molecule has 1 aromatic rings. The first-order chi connectivity index (χ1) is 10.1. The third kappa shape index (κ3) is 2.39. The second kappa shape index (κ2) is 5.24. The molecule has 1 heterocycles. The second-order valence-corrected chi connectivity index (χ2v) is 5.60. The molecule has 0 bridgehead atoms. The number of carboxylic acid groups (broad SMARTS) is 1. The number of carbonyl (C=O) groups excluding carboxylic acids is 1. The zero-order chi connectivity index (χ0) is 14.9. The molecule has 1 aliphatic carbocycles. The van der Waals surface area contributed by atoms with E-state index in [1.54, 1.807) is 6.08 Å². The molecule has 1 aromatic carbocycles. The molecule has 0 saturated carbocycles. The molecule has 5 heteroatoms. The summed E-state index contributed by atoms with van der Waals surface area (Å²) in [6.07, 6.45) is 3.88. The molecule has 2 aliphatic rings. The van der Waals surface area contributed by atoms with Crippen LogP contribution in [0.25, 0.3) is 0 Å². The molecular formula is C16H17NO4. The van der Waals surface area contributed by atoms with Crippen LogP contribution in [0.3, 0.4) is 0 Å². The topological polar surface area (TPSA) is 66.8 Å². The number of carbonyl (C=O) groups is 2. The number of carboxylic acids is 1. The molecule has 1 amide bonds. The highest BCUT2D eigenvalue weighted by Crippen LogP contribution is 2.44. The summed E-state index contributed by atoms with van der Waals surface area (Å²) in [5.74, 6) is -0.904. The van der Waals surface area contributed by atoms with E-state index in [0.717, 1.165) is 5.56 Å². The van der Waals surface area contributed by atoms with Crippen LogP contribution in [0.5, 0.6) is 0 Å². The van der Waals surface area contributed by atoms with Crippen molar-refractivity contribution < 1.29 is 19.4 Å². The van der Waals surface area contributed by atoms with Crippen LogP contribution in [0.1, 0.15) is 12.0 Å². The van der Waals surface area contributed by atoms with Gasteiger partial charge in [-0.2, -0.15) is 0 Å². The molecule has 1 fully saturated rings. The Morgan fingerprint density at radius 3 is 2.76 bits per heavy atom. The zero-order valence-corrected chi connectivity index (χ0v) is 11.6. The van der Waals surface area contributed by atoms with Gasteiger partial charge in [0.15, 0.2) is 0 Å². The van der Waals surface area contributed by atoms with Gasteiger partial charge in [-0.1, -0.05) is 42.5 Å².